The Labute approximate surface area is 184 Å². The Hall–Kier alpha value is -2.13. The van der Waals surface area contributed by atoms with Crippen LogP contribution in [0.25, 0.3) is 5.65 Å². The molecule has 2 saturated heterocycles. The van der Waals surface area contributed by atoms with Crippen LogP contribution in [0.15, 0.2) is 18.6 Å². The van der Waals surface area contributed by atoms with Gasteiger partial charge in [0.05, 0.1) is 17.4 Å². The van der Waals surface area contributed by atoms with E-state index in [2.05, 4.69) is 5.10 Å². The molecule has 0 unspecified atom stereocenters. The standard InChI is InChI=1S/C22H33BN4O4/c1-20(2,3)29-19(28)26-10-8-15(9-11-26)17-13-25-27-14-16(12-24-18(17)27)23-30-21(4,5)22(6,7)31-23/h12-15H,8-11H2,1-7H3. The van der Waals surface area contributed by atoms with Crippen molar-refractivity contribution in [2.24, 2.45) is 0 Å². The number of ether oxygens (including phenoxy) is 1. The number of rotatable bonds is 2. The number of carbonyl (C=O) groups excluding carboxylic acids is 1. The zero-order valence-electron chi connectivity index (χ0n) is 19.6. The summed E-state index contributed by atoms with van der Waals surface area (Å²) in [5.41, 5.74) is 1.53. The van der Waals surface area contributed by atoms with Gasteiger partial charge in [0, 0.05) is 36.5 Å². The SMILES string of the molecule is CC(C)(C)OC(=O)N1CCC(c2cnn3cc(B4OC(C)(C)C(C)(C)O4)cnc23)CC1. The minimum absolute atomic E-state index is 0.240. The van der Waals surface area contributed by atoms with E-state index in [0.29, 0.717) is 19.0 Å². The summed E-state index contributed by atoms with van der Waals surface area (Å²) >= 11 is 0. The van der Waals surface area contributed by atoms with Crippen LogP contribution in [0.1, 0.15) is 72.8 Å². The van der Waals surface area contributed by atoms with Crippen LogP contribution in [0.4, 0.5) is 4.79 Å². The van der Waals surface area contributed by atoms with Crippen molar-refractivity contribution in [3.63, 3.8) is 0 Å². The van der Waals surface area contributed by atoms with Gasteiger partial charge in [-0.2, -0.15) is 5.10 Å². The third kappa shape index (κ3) is 4.30. The zero-order chi connectivity index (χ0) is 22.6. The van der Waals surface area contributed by atoms with E-state index in [1.54, 1.807) is 9.42 Å². The predicted octanol–water partition coefficient (Wildman–Crippen LogP) is 3.14. The third-order valence-electron chi connectivity index (χ3n) is 6.52. The monoisotopic (exact) mass is 428 g/mol. The van der Waals surface area contributed by atoms with Gasteiger partial charge in [-0.3, -0.25) is 0 Å². The number of nitrogens with zero attached hydrogens (tertiary/aromatic N) is 4. The number of likely N-dealkylation sites (tertiary alicyclic amines) is 1. The maximum Gasteiger partial charge on any atom is 0.498 e. The average molecular weight is 428 g/mol. The highest BCUT2D eigenvalue weighted by Crippen LogP contribution is 2.36. The van der Waals surface area contributed by atoms with E-state index in [-0.39, 0.29) is 6.09 Å². The molecule has 4 heterocycles. The summed E-state index contributed by atoms with van der Waals surface area (Å²) in [6.07, 6.45) is 7.13. The highest BCUT2D eigenvalue weighted by Gasteiger charge is 2.52. The first-order valence-electron chi connectivity index (χ1n) is 11.0. The van der Waals surface area contributed by atoms with Crippen LogP contribution in [-0.4, -0.2) is 62.6 Å². The van der Waals surface area contributed by atoms with Crippen LogP contribution in [0.3, 0.4) is 0 Å². The van der Waals surface area contributed by atoms with Gasteiger partial charge in [-0.05, 0) is 67.2 Å². The molecule has 0 saturated carbocycles. The fourth-order valence-electron chi connectivity index (χ4n) is 4.00. The molecular formula is C22H33BN4O4. The van der Waals surface area contributed by atoms with Crippen LogP contribution in [-0.2, 0) is 14.0 Å². The Bertz CT molecular complexity index is 958. The number of amides is 1. The van der Waals surface area contributed by atoms with E-state index in [1.807, 2.05) is 67.1 Å². The predicted molar refractivity (Wildman–Crippen MR) is 118 cm³/mol. The Morgan fingerprint density at radius 1 is 1.13 bits per heavy atom. The Kier molecular flexibility index (Phi) is 5.33. The molecule has 9 heteroatoms. The summed E-state index contributed by atoms with van der Waals surface area (Å²) in [7, 11) is -0.466. The number of hydrogen-bond donors (Lipinski definition) is 0. The fourth-order valence-corrected chi connectivity index (χ4v) is 4.00. The van der Waals surface area contributed by atoms with Crippen molar-refractivity contribution in [3.05, 3.63) is 24.2 Å². The lowest BCUT2D eigenvalue weighted by Gasteiger charge is -2.33. The van der Waals surface area contributed by atoms with Crippen molar-refractivity contribution >= 4 is 24.3 Å². The minimum Gasteiger partial charge on any atom is -0.444 e. The molecule has 2 aromatic rings. The van der Waals surface area contributed by atoms with Crippen molar-refractivity contribution < 1.29 is 18.8 Å². The van der Waals surface area contributed by atoms with E-state index in [4.69, 9.17) is 19.0 Å². The quantitative estimate of drug-likeness (QED) is 0.684. The first-order chi connectivity index (χ1) is 14.4. The second-order valence-corrected chi connectivity index (χ2v) is 10.6. The largest absolute Gasteiger partial charge is 0.498 e. The number of fused-ring (bicyclic) bond motifs is 1. The molecule has 2 aliphatic rings. The maximum absolute atomic E-state index is 12.3. The van der Waals surface area contributed by atoms with Crippen LogP contribution in [0.5, 0.6) is 0 Å². The number of carbonyl (C=O) groups is 1. The second-order valence-electron chi connectivity index (χ2n) is 10.6. The molecule has 1 amide bonds. The molecule has 0 aromatic carbocycles. The Balaban J connectivity index is 1.46. The Morgan fingerprint density at radius 3 is 2.32 bits per heavy atom. The molecular weight excluding hydrogens is 395 g/mol. The third-order valence-corrected chi connectivity index (χ3v) is 6.52. The topological polar surface area (TPSA) is 78.2 Å². The van der Waals surface area contributed by atoms with E-state index < -0.39 is 23.9 Å². The lowest BCUT2D eigenvalue weighted by atomic mass is 9.81. The molecule has 31 heavy (non-hydrogen) atoms. The van der Waals surface area contributed by atoms with Crippen molar-refractivity contribution in [1.29, 1.82) is 0 Å². The lowest BCUT2D eigenvalue weighted by molar-refractivity contribution is 0.00578. The van der Waals surface area contributed by atoms with Gasteiger partial charge in [0.1, 0.15) is 5.60 Å². The molecule has 168 valence electrons. The average Bonchev–Trinajstić information content (AvgIpc) is 3.17. The van der Waals surface area contributed by atoms with Gasteiger partial charge < -0.3 is 18.9 Å². The molecule has 0 aliphatic carbocycles. The summed E-state index contributed by atoms with van der Waals surface area (Å²) in [6, 6.07) is 0. The smallest absolute Gasteiger partial charge is 0.444 e. The van der Waals surface area contributed by atoms with Crippen LogP contribution in [0.2, 0.25) is 0 Å². The van der Waals surface area contributed by atoms with Crippen LogP contribution in [0, 0.1) is 0 Å². The van der Waals surface area contributed by atoms with Gasteiger partial charge >= 0.3 is 13.2 Å². The van der Waals surface area contributed by atoms with Crippen molar-refractivity contribution in [2.75, 3.05) is 13.1 Å². The molecule has 8 nitrogen and oxygen atoms in total. The molecule has 0 radical (unpaired) electrons. The number of aromatic nitrogens is 3. The summed E-state index contributed by atoms with van der Waals surface area (Å²) in [5, 5.41) is 4.54. The van der Waals surface area contributed by atoms with Gasteiger partial charge in [-0.25, -0.2) is 14.3 Å². The van der Waals surface area contributed by atoms with E-state index in [9.17, 15) is 4.79 Å². The normalized spacial score (nSPS) is 21.6. The van der Waals surface area contributed by atoms with Crippen molar-refractivity contribution in [1.82, 2.24) is 19.5 Å². The molecule has 0 bridgehead atoms. The van der Waals surface area contributed by atoms with Crippen molar-refractivity contribution in [3.8, 4) is 0 Å². The molecule has 0 atom stereocenters. The van der Waals surface area contributed by atoms with Crippen molar-refractivity contribution in [2.45, 2.75) is 84.0 Å². The van der Waals surface area contributed by atoms with E-state index >= 15 is 0 Å². The van der Waals surface area contributed by atoms with Crippen LogP contribution < -0.4 is 5.46 Å². The van der Waals surface area contributed by atoms with E-state index in [0.717, 1.165) is 29.5 Å². The van der Waals surface area contributed by atoms with Gasteiger partial charge in [0.25, 0.3) is 0 Å². The van der Waals surface area contributed by atoms with Gasteiger partial charge in [0.15, 0.2) is 5.65 Å². The number of hydrogen-bond acceptors (Lipinski definition) is 6. The first kappa shape index (κ1) is 22.1. The molecule has 2 aliphatic heterocycles. The Morgan fingerprint density at radius 2 is 1.74 bits per heavy atom. The van der Waals surface area contributed by atoms with Crippen LogP contribution >= 0.6 is 0 Å². The molecule has 0 N–H and O–H groups in total. The van der Waals surface area contributed by atoms with E-state index in [1.165, 1.54) is 0 Å². The molecule has 2 aromatic heterocycles. The lowest BCUT2D eigenvalue weighted by Crippen LogP contribution is -2.41. The summed E-state index contributed by atoms with van der Waals surface area (Å²) in [4.78, 5) is 18.8. The van der Waals surface area contributed by atoms with Gasteiger partial charge in [0.2, 0.25) is 0 Å². The van der Waals surface area contributed by atoms with Gasteiger partial charge in [-0.15, -0.1) is 0 Å². The highest BCUT2D eigenvalue weighted by molar-refractivity contribution is 6.61. The summed E-state index contributed by atoms with van der Waals surface area (Å²) in [6.45, 7) is 15.2. The minimum atomic E-state index is -0.477. The molecule has 4 rings (SSSR count). The summed E-state index contributed by atoms with van der Waals surface area (Å²) < 4.78 is 19.6. The maximum atomic E-state index is 12.3. The molecule has 0 spiro atoms. The molecule has 2 fully saturated rings. The van der Waals surface area contributed by atoms with Gasteiger partial charge in [-0.1, -0.05) is 0 Å². The zero-order valence-corrected chi connectivity index (χ0v) is 19.6. The second kappa shape index (κ2) is 7.48. The fraction of sp³-hybridized carbons (Fsp3) is 0.682. The summed E-state index contributed by atoms with van der Waals surface area (Å²) in [5.74, 6) is 0.311. The number of piperidine rings is 1. The first-order valence-corrected chi connectivity index (χ1v) is 11.0. The highest BCUT2D eigenvalue weighted by atomic mass is 16.7.